The van der Waals surface area contributed by atoms with Crippen molar-refractivity contribution in [2.45, 2.75) is 33.6 Å². The van der Waals surface area contributed by atoms with Crippen molar-refractivity contribution in [3.05, 3.63) is 34.4 Å². The molecular weight excluding hydrogens is 184 g/mol. The second-order valence-corrected chi connectivity index (χ2v) is 4.77. The third kappa shape index (κ3) is 1.12. The number of allylic oxidation sites excluding steroid dienone is 2. The summed E-state index contributed by atoms with van der Waals surface area (Å²) in [5.41, 5.74) is 7.30. The highest BCUT2D eigenvalue weighted by Crippen LogP contribution is 2.41. The van der Waals surface area contributed by atoms with E-state index in [9.17, 15) is 0 Å². The number of benzene rings is 1. The SMILES string of the molecule is CC1=C(C)C(C)c2ccc([Si])c(C)c21. The highest BCUT2D eigenvalue weighted by molar-refractivity contribution is 6.33. The summed E-state index contributed by atoms with van der Waals surface area (Å²) in [4.78, 5) is 0. The Kier molecular flexibility index (Phi) is 2.15. The molecule has 1 aromatic rings. The molecule has 14 heavy (non-hydrogen) atoms. The summed E-state index contributed by atoms with van der Waals surface area (Å²) in [6.45, 7) is 8.95. The van der Waals surface area contributed by atoms with Gasteiger partial charge in [0.1, 0.15) is 0 Å². The van der Waals surface area contributed by atoms with E-state index in [4.69, 9.17) is 0 Å². The fourth-order valence-electron chi connectivity index (χ4n) is 2.35. The Morgan fingerprint density at radius 2 is 1.79 bits per heavy atom. The first-order chi connectivity index (χ1) is 6.54. The lowest BCUT2D eigenvalue weighted by molar-refractivity contribution is 0.919. The molecule has 0 amide bonds. The second-order valence-electron chi connectivity index (χ2n) is 4.23. The molecule has 2 rings (SSSR count). The van der Waals surface area contributed by atoms with Crippen LogP contribution in [0.5, 0.6) is 0 Å². The number of hydrogen-bond donors (Lipinski definition) is 0. The highest BCUT2D eigenvalue weighted by atomic mass is 28.1. The van der Waals surface area contributed by atoms with Gasteiger partial charge in [-0.2, -0.15) is 0 Å². The van der Waals surface area contributed by atoms with E-state index < -0.39 is 0 Å². The molecule has 0 aliphatic heterocycles. The van der Waals surface area contributed by atoms with Gasteiger partial charge in [0.25, 0.3) is 0 Å². The van der Waals surface area contributed by atoms with Crippen molar-refractivity contribution >= 4 is 21.0 Å². The molecule has 0 heterocycles. The first-order valence-corrected chi connectivity index (χ1v) is 5.57. The molecule has 0 N–H and O–H groups in total. The topological polar surface area (TPSA) is 0 Å². The van der Waals surface area contributed by atoms with Gasteiger partial charge in [0.2, 0.25) is 0 Å². The maximum Gasteiger partial charge on any atom is 0.0715 e. The lowest BCUT2D eigenvalue weighted by atomic mass is 9.96. The van der Waals surface area contributed by atoms with Crippen molar-refractivity contribution in [3.63, 3.8) is 0 Å². The van der Waals surface area contributed by atoms with Crippen LogP contribution in [0, 0.1) is 6.92 Å². The van der Waals surface area contributed by atoms with E-state index in [1.165, 1.54) is 33.0 Å². The van der Waals surface area contributed by atoms with Crippen molar-refractivity contribution in [3.8, 4) is 0 Å². The zero-order valence-corrected chi connectivity index (χ0v) is 10.2. The van der Waals surface area contributed by atoms with Crippen LogP contribution >= 0.6 is 0 Å². The molecule has 0 saturated heterocycles. The monoisotopic (exact) mass is 199 g/mol. The quantitative estimate of drug-likeness (QED) is 0.564. The Hall–Kier alpha value is -0.823. The summed E-state index contributed by atoms with van der Waals surface area (Å²) < 4.78 is 0. The van der Waals surface area contributed by atoms with Crippen LogP contribution in [0.4, 0.5) is 0 Å². The van der Waals surface area contributed by atoms with Crippen LogP contribution in [0.1, 0.15) is 43.4 Å². The third-order valence-electron chi connectivity index (χ3n) is 3.58. The van der Waals surface area contributed by atoms with E-state index >= 15 is 0 Å². The average Bonchev–Trinajstić information content (AvgIpc) is 2.38. The van der Waals surface area contributed by atoms with Crippen LogP contribution in [0.3, 0.4) is 0 Å². The van der Waals surface area contributed by atoms with Crippen molar-refractivity contribution in [1.82, 2.24) is 0 Å². The Morgan fingerprint density at radius 1 is 1.14 bits per heavy atom. The minimum Gasteiger partial charge on any atom is -0.0639 e. The smallest absolute Gasteiger partial charge is 0.0639 e. The molecule has 0 saturated carbocycles. The molecule has 3 radical (unpaired) electrons. The molecule has 1 aliphatic carbocycles. The Bertz CT molecular complexity index is 427. The first-order valence-electron chi connectivity index (χ1n) is 5.07. The van der Waals surface area contributed by atoms with Crippen molar-refractivity contribution < 1.29 is 0 Å². The van der Waals surface area contributed by atoms with Gasteiger partial charge in [-0.1, -0.05) is 29.8 Å². The van der Waals surface area contributed by atoms with E-state index in [0.717, 1.165) is 0 Å². The third-order valence-corrected chi connectivity index (χ3v) is 4.12. The largest absolute Gasteiger partial charge is 0.0715 e. The van der Waals surface area contributed by atoms with Crippen LogP contribution in [0.2, 0.25) is 0 Å². The van der Waals surface area contributed by atoms with Crippen LogP contribution < -0.4 is 5.19 Å². The van der Waals surface area contributed by atoms with Crippen LogP contribution in [0.25, 0.3) is 5.57 Å². The van der Waals surface area contributed by atoms with Crippen molar-refractivity contribution in [1.29, 1.82) is 0 Å². The fourth-order valence-corrected chi connectivity index (χ4v) is 2.55. The van der Waals surface area contributed by atoms with Gasteiger partial charge in [-0.3, -0.25) is 0 Å². The van der Waals surface area contributed by atoms with Gasteiger partial charge >= 0.3 is 0 Å². The second kappa shape index (κ2) is 3.09. The molecular formula is C13H15Si. The molecule has 71 valence electrons. The van der Waals surface area contributed by atoms with Crippen molar-refractivity contribution in [2.24, 2.45) is 0 Å². The standard InChI is InChI=1S/C13H15Si/c1-7-8(2)11-5-6-12(14)10(4)13(11)9(7)3/h5-6,8H,1-4H3. The lowest BCUT2D eigenvalue weighted by Crippen LogP contribution is -2.10. The lowest BCUT2D eigenvalue weighted by Gasteiger charge is -2.11. The van der Waals surface area contributed by atoms with Crippen LogP contribution in [-0.2, 0) is 0 Å². The Morgan fingerprint density at radius 3 is 2.43 bits per heavy atom. The Balaban J connectivity index is 2.75. The predicted molar refractivity (Wildman–Crippen MR) is 63.3 cm³/mol. The van der Waals surface area contributed by atoms with Crippen LogP contribution in [0.15, 0.2) is 17.7 Å². The molecule has 1 heteroatoms. The average molecular weight is 199 g/mol. The van der Waals surface area contributed by atoms with Gasteiger partial charge in [0.15, 0.2) is 0 Å². The highest BCUT2D eigenvalue weighted by Gasteiger charge is 2.24. The summed E-state index contributed by atoms with van der Waals surface area (Å²) >= 11 is 0. The Labute approximate surface area is 89.5 Å². The van der Waals surface area contributed by atoms with Gasteiger partial charge in [-0.25, -0.2) is 0 Å². The minimum absolute atomic E-state index is 0.593. The molecule has 0 aromatic heterocycles. The van der Waals surface area contributed by atoms with Crippen LogP contribution in [-0.4, -0.2) is 10.2 Å². The summed E-state index contributed by atoms with van der Waals surface area (Å²) in [6, 6.07) is 4.41. The number of hydrogen-bond acceptors (Lipinski definition) is 0. The summed E-state index contributed by atoms with van der Waals surface area (Å²) in [5, 5.41) is 1.21. The summed E-state index contributed by atoms with van der Waals surface area (Å²) in [7, 11) is 3.65. The molecule has 0 fully saturated rings. The van der Waals surface area contributed by atoms with E-state index in [-0.39, 0.29) is 0 Å². The normalized spacial score (nSPS) is 20.2. The predicted octanol–water partition coefficient (Wildman–Crippen LogP) is 2.70. The molecule has 1 aliphatic rings. The van der Waals surface area contributed by atoms with E-state index in [0.29, 0.717) is 5.92 Å². The molecule has 1 aromatic carbocycles. The molecule has 1 unspecified atom stereocenters. The zero-order chi connectivity index (χ0) is 10.5. The molecule has 0 spiro atoms. The van der Waals surface area contributed by atoms with Crippen molar-refractivity contribution in [2.75, 3.05) is 0 Å². The van der Waals surface area contributed by atoms with Gasteiger partial charge in [0.05, 0.1) is 10.2 Å². The number of fused-ring (bicyclic) bond motifs is 1. The molecule has 0 bridgehead atoms. The molecule has 0 nitrogen and oxygen atoms in total. The van der Waals surface area contributed by atoms with E-state index in [1.54, 1.807) is 0 Å². The van der Waals surface area contributed by atoms with Gasteiger partial charge in [0, 0.05) is 5.92 Å². The number of rotatable bonds is 0. The van der Waals surface area contributed by atoms with E-state index in [2.05, 4.69) is 50.1 Å². The van der Waals surface area contributed by atoms with E-state index in [1.807, 2.05) is 0 Å². The van der Waals surface area contributed by atoms with Gasteiger partial charge in [-0.15, -0.1) is 0 Å². The minimum atomic E-state index is 0.593. The van der Waals surface area contributed by atoms with Gasteiger partial charge < -0.3 is 0 Å². The summed E-state index contributed by atoms with van der Waals surface area (Å²) in [6.07, 6.45) is 0. The zero-order valence-electron chi connectivity index (χ0n) is 9.23. The first kappa shape index (κ1) is 9.72. The van der Waals surface area contributed by atoms with Gasteiger partial charge in [-0.05, 0) is 43.0 Å². The molecule has 1 atom stereocenters. The maximum atomic E-state index is 3.65. The fraction of sp³-hybridized carbons (Fsp3) is 0.385. The summed E-state index contributed by atoms with van der Waals surface area (Å²) in [5.74, 6) is 0.593. The maximum absolute atomic E-state index is 3.65.